The summed E-state index contributed by atoms with van der Waals surface area (Å²) in [4.78, 5) is 12.6. The summed E-state index contributed by atoms with van der Waals surface area (Å²) in [5, 5.41) is 4.25. The summed E-state index contributed by atoms with van der Waals surface area (Å²) >= 11 is 0. The maximum atomic E-state index is 12.6. The maximum absolute atomic E-state index is 12.6. The third-order valence-electron chi connectivity index (χ3n) is 4.47. The number of allylic oxidation sites excluding steroid dienone is 1. The lowest BCUT2D eigenvalue weighted by Crippen LogP contribution is -2.02. The lowest BCUT2D eigenvalue weighted by Gasteiger charge is -2.10. The Hall–Kier alpha value is -3.14. The largest absolute Gasteiger partial charge is 0.496 e. The number of Topliss-reactive ketones (excluding diaryl/α,β-unsaturated/α-hetero) is 1. The van der Waals surface area contributed by atoms with Crippen molar-refractivity contribution >= 4 is 11.9 Å². The van der Waals surface area contributed by atoms with Gasteiger partial charge in [-0.3, -0.25) is 9.48 Å². The number of fused-ring (bicyclic) bond motifs is 1. The fourth-order valence-corrected chi connectivity index (χ4v) is 3.25. The van der Waals surface area contributed by atoms with Crippen molar-refractivity contribution in [1.29, 1.82) is 0 Å². The van der Waals surface area contributed by atoms with Crippen LogP contribution in [0.25, 0.3) is 6.08 Å². The molecule has 0 N–H and O–H groups in total. The van der Waals surface area contributed by atoms with E-state index in [-0.39, 0.29) is 5.78 Å². The first kappa shape index (κ1) is 15.4. The summed E-state index contributed by atoms with van der Waals surface area (Å²) in [6, 6.07) is 15.7. The van der Waals surface area contributed by atoms with Crippen LogP contribution >= 0.6 is 0 Å². The van der Waals surface area contributed by atoms with Gasteiger partial charge in [0.1, 0.15) is 5.75 Å². The number of ketones is 1. The van der Waals surface area contributed by atoms with Crippen LogP contribution in [0.3, 0.4) is 0 Å². The quantitative estimate of drug-likeness (QED) is 0.684. The summed E-state index contributed by atoms with van der Waals surface area (Å²) < 4.78 is 7.31. The zero-order valence-corrected chi connectivity index (χ0v) is 14.0. The summed E-state index contributed by atoms with van der Waals surface area (Å²) in [5.41, 5.74) is 4.78. The van der Waals surface area contributed by atoms with Crippen LogP contribution in [0.4, 0.5) is 0 Å². The molecule has 1 aliphatic rings. The van der Waals surface area contributed by atoms with E-state index in [0.717, 1.165) is 33.6 Å². The molecule has 25 heavy (non-hydrogen) atoms. The number of rotatable bonds is 4. The molecule has 4 nitrogen and oxygen atoms in total. The zero-order valence-electron chi connectivity index (χ0n) is 14.0. The Morgan fingerprint density at radius 3 is 2.84 bits per heavy atom. The molecule has 4 rings (SSSR count). The fourth-order valence-electron chi connectivity index (χ4n) is 3.25. The predicted molar refractivity (Wildman–Crippen MR) is 96.8 cm³/mol. The van der Waals surface area contributed by atoms with Crippen molar-refractivity contribution in [3.05, 3.63) is 88.8 Å². The minimum Gasteiger partial charge on any atom is -0.496 e. The van der Waals surface area contributed by atoms with Gasteiger partial charge in [-0.2, -0.15) is 5.10 Å². The van der Waals surface area contributed by atoms with Crippen LogP contribution in [0.1, 0.15) is 27.0 Å². The molecule has 0 bridgehead atoms. The molecule has 4 heteroatoms. The van der Waals surface area contributed by atoms with Crippen LogP contribution in [0.5, 0.6) is 5.75 Å². The number of benzene rings is 2. The van der Waals surface area contributed by atoms with Crippen molar-refractivity contribution < 1.29 is 9.53 Å². The van der Waals surface area contributed by atoms with Crippen molar-refractivity contribution in [2.75, 3.05) is 7.11 Å². The third-order valence-corrected chi connectivity index (χ3v) is 4.47. The van der Waals surface area contributed by atoms with E-state index in [1.807, 2.05) is 59.4 Å². The maximum Gasteiger partial charge on any atom is 0.189 e. The van der Waals surface area contributed by atoms with Crippen LogP contribution in [0, 0.1) is 0 Å². The number of ether oxygens (including phenoxy) is 1. The van der Waals surface area contributed by atoms with E-state index in [2.05, 4.69) is 11.2 Å². The number of nitrogens with zero attached hydrogens (tertiary/aromatic N) is 2. The lowest BCUT2D eigenvalue weighted by atomic mass is 10.0. The standard InChI is InChI=1S/C21H18N2O2/c1-25-20-8-7-15(12-18(20)14-23-10-4-9-22-23)11-17-13-16-5-2-3-6-19(16)21(17)24/h2-12H,13-14H2,1H3. The summed E-state index contributed by atoms with van der Waals surface area (Å²) in [5.74, 6) is 0.943. The van der Waals surface area contributed by atoms with Crippen LogP contribution in [0.2, 0.25) is 0 Å². The Morgan fingerprint density at radius 2 is 2.08 bits per heavy atom. The Bertz CT molecular complexity index is 956. The molecule has 1 aliphatic carbocycles. The Labute approximate surface area is 146 Å². The van der Waals surface area contributed by atoms with Gasteiger partial charge in [0.05, 0.1) is 13.7 Å². The van der Waals surface area contributed by atoms with Crippen molar-refractivity contribution in [1.82, 2.24) is 9.78 Å². The predicted octanol–water partition coefficient (Wildman–Crippen LogP) is 3.76. The highest BCUT2D eigenvalue weighted by molar-refractivity contribution is 6.15. The normalized spacial score (nSPS) is 14.8. The number of hydrogen-bond acceptors (Lipinski definition) is 3. The van der Waals surface area contributed by atoms with Crippen LogP contribution in [0.15, 0.2) is 66.5 Å². The van der Waals surface area contributed by atoms with Gasteiger partial charge in [0, 0.05) is 35.5 Å². The van der Waals surface area contributed by atoms with Crippen molar-refractivity contribution in [3.63, 3.8) is 0 Å². The van der Waals surface area contributed by atoms with Gasteiger partial charge >= 0.3 is 0 Å². The molecule has 0 radical (unpaired) electrons. The zero-order chi connectivity index (χ0) is 17.2. The molecule has 3 aromatic rings. The lowest BCUT2D eigenvalue weighted by molar-refractivity contribution is 0.104. The van der Waals surface area contributed by atoms with Crippen molar-refractivity contribution in [3.8, 4) is 5.75 Å². The average Bonchev–Trinajstić information content (AvgIpc) is 3.24. The number of aromatic nitrogens is 2. The second-order valence-electron chi connectivity index (χ2n) is 6.11. The molecular weight excluding hydrogens is 312 g/mol. The molecule has 0 atom stereocenters. The van der Waals surface area contributed by atoms with Gasteiger partial charge in [0.25, 0.3) is 0 Å². The summed E-state index contributed by atoms with van der Waals surface area (Å²) in [6.45, 7) is 0.626. The molecule has 124 valence electrons. The number of hydrogen-bond donors (Lipinski definition) is 0. The topological polar surface area (TPSA) is 44.1 Å². The monoisotopic (exact) mass is 330 g/mol. The van der Waals surface area contributed by atoms with Gasteiger partial charge in [-0.15, -0.1) is 0 Å². The fraction of sp³-hybridized carbons (Fsp3) is 0.143. The average molecular weight is 330 g/mol. The third kappa shape index (κ3) is 2.98. The summed E-state index contributed by atoms with van der Waals surface area (Å²) in [7, 11) is 1.66. The molecular formula is C21H18N2O2. The molecule has 0 saturated heterocycles. The van der Waals surface area contributed by atoms with Crippen LogP contribution < -0.4 is 4.74 Å². The Balaban J connectivity index is 1.66. The van der Waals surface area contributed by atoms with E-state index in [4.69, 9.17) is 4.74 Å². The first-order chi connectivity index (χ1) is 12.2. The molecule has 0 saturated carbocycles. The van der Waals surface area contributed by atoms with Crippen molar-refractivity contribution in [2.24, 2.45) is 0 Å². The van der Waals surface area contributed by atoms with Gasteiger partial charge in [0.2, 0.25) is 0 Å². The smallest absolute Gasteiger partial charge is 0.189 e. The molecule has 0 spiro atoms. The van der Waals surface area contributed by atoms with Crippen LogP contribution in [-0.4, -0.2) is 22.7 Å². The first-order valence-corrected chi connectivity index (χ1v) is 8.22. The van der Waals surface area contributed by atoms with Gasteiger partial charge in [-0.25, -0.2) is 0 Å². The first-order valence-electron chi connectivity index (χ1n) is 8.22. The van der Waals surface area contributed by atoms with Gasteiger partial charge in [-0.1, -0.05) is 30.3 Å². The second kappa shape index (κ2) is 6.40. The molecule has 0 unspecified atom stereocenters. The highest BCUT2D eigenvalue weighted by Crippen LogP contribution is 2.29. The highest BCUT2D eigenvalue weighted by Gasteiger charge is 2.23. The van der Waals surface area contributed by atoms with Gasteiger partial charge in [0.15, 0.2) is 5.78 Å². The van der Waals surface area contributed by atoms with E-state index in [9.17, 15) is 4.79 Å². The molecule has 1 aromatic heterocycles. The van der Waals surface area contributed by atoms with Crippen LogP contribution in [-0.2, 0) is 13.0 Å². The molecule has 0 aliphatic heterocycles. The van der Waals surface area contributed by atoms with E-state index in [1.165, 1.54) is 0 Å². The van der Waals surface area contributed by atoms with Gasteiger partial charge < -0.3 is 4.74 Å². The summed E-state index contributed by atoms with van der Waals surface area (Å²) in [6.07, 6.45) is 6.35. The number of carbonyl (C=O) groups is 1. The number of methoxy groups -OCH3 is 1. The minimum absolute atomic E-state index is 0.125. The SMILES string of the molecule is COc1ccc(C=C2Cc3ccccc3C2=O)cc1Cn1cccn1. The minimum atomic E-state index is 0.125. The van der Waals surface area contributed by atoms with Gasteiger partial charge in [-0.05, 0) is 35.4 Å². The Kier molecular flexibility index (Phi) is 3.94. The molecule has 0 fully saturated rings. The molecule has 1 heterocycles. The molecule has 2 aromatic carbocycles. The molecule has 0 amide bonds. The van der Waals surface area contributed by atoms with E-state index in [1.54, 1.807) is 13.3 Å². The van der Waals surface area contributed by atoms with E-state index < -0.39 is 0 Å². The second-order valence-corrected chi connectivity index (χ2v) is 6.11. The number of carbonyl (C=O) groups excluding carboxylic acids is 1. The highest BCUT2D eigenvalue weighted by atomic mass is 16.5. The van der Waals surface area contributed by atoms with E-state index >= 15 is 0 Å². The Morgan fingerprint density at radius 1 is 1.20 bits per heavy atom. The van der Waals surface area contributed by atoms with E-state index in [0.29, 0.717) is 13.0 Å². The van der Waals surface area contributed by atoms with Crippen molar-refractivity contribution in [2.45, 2.75) is 13.0 Å².